The lowest BCUT2D eigenvalue weighted by Gasteiger charge is -2.33. The van der Waals surface area contributed by atoms with Crippen LogP contribution in [0.1, 0.15) is 24.1 Å². The predicted molar refractivity (Wildman–Crippen MR) is 95.4 cm³/mol. The highest BCUT2D eigenvalue weighted by Crippen LogP contribution is 2.29. The van der Waals surface area contributed by atoms with Gasteiger partial charge in [0.15, 0.2) is 0 Å². The van der Waals surface area contributed by atoms with E-state index < -0.39 is 0 Å². The number of carbonyl (C=O) groups is 1. The molecule has 8 heteroatoms. The molecule has 1 atom stereocenters. The second kappa shape index (κ2) is 7.07. The zero-order valence-corrected chi connectivity index (χ0v) is 14.6. The molecular weight excluding hydrogens is 332 g/mol. The molecule has 134 valence electrons. The summed E-state index contributed by atoms with van der Waals surface area (Å²) < 4.78 is 5.23. The lowest BCUT2D eigenvalue weighted by Crippen LogP contribution is -2.43. The van der Waals surface area contributed by atoms with Crippen LogP contribution in [-0.2, 0) is 11.3 Å². The van der Waals surface area contributed by atoms with Crippen LogP contribution in [-0.4, -0.2) is 39.1 Å². The molecule has 3 aromatic rings. The van der Waals surface area contributed by atoms with Gasteiger partial charge in [-0.25, -0.2) is 4.98 Å². The topological polar surface area (TPSA) is 97.0 Å². The Balaban J connectivity index is 1.47. The summed E-state index contributed by atoms with van der Waals surface area (Å²) >= 11 is 0. The van der Waals surface area contributed by atoms with Crippen LogP contribution in [0, 0.1) is 12.8 Å². The fraction of sp³-hybridized carbons (Fsp3) is 0.389. The van der Waals surface area contributed by atoms with Gasteiger partial charge in [0.05, 0.1) is 11.6 Å². The summed E-state index contributed by atoms with van der Waals surface area (Å²) in [6.45, 7) is 3.84. The number of anilines is 1. The molecule has 1 fully saturated rings. The number of pyridine rings is 1. The summed E-state index contributed by atoms with van der Waals surface area (Å²) in [5.74, 6) is 0.773. The molecular formula is C18H20N6O2. The Morgan fingerprint density at radius 1 is 1.42 bits per heavy atom. The third kappa shape index (κ3) is 3.22. The number of rotatable bonds is 4. The Hall–Kier alpha value is -3.03. The highest BCUT2D eigenvalue weighted by atomic mass is 16.5. The van der Waals surface area contributed by atoms with E-state index in [1.807, 2.05) is 19.1 Å². The number of aryl methyl sites for hydroxylation is 1. The van der Waals surface area contributed by atoms with Crippen molar-refractivity contribution in [1.82, 2.24) is 25.4 Å². The number of piperidine rings is 1. The molecule has 26 heavy (non-hydrogen) atoms. The van der Waals surface area contributed by atoms with Crippen LogP contribution in [0.2, 0.25) is 0 Å². The van der Waals surface area contributed by atoms with Crippen molar-refractivity contribution in [3.8, 4) is 0 Å². The number of aromatic nitrogens is 4. The van der Waals surface area contributed by atoms with Crippen LogP contribution in [0.3, 0.4) is 0 Å². The van der Waals surface area contributed by atoms with Crippen LogP contribution in [0.5, 0.6) is 0 Å². The lowest BCUT2D eigenvalue weighted by molar-refractivity contribution is -0.125. The number of nitrogens with zero attached hydrogens (tertiary/aromatic N) is 5. The smallest absolute Gasteiger partial charge is 0.263 e. The minimum Gasteiger partial charge on any atom is -0.355 e. The van der Waals surface area contributed by atoms with Gasteiger partial charge >= 0.3 is 0 Å². The average molecular weight is 352 g/mol. The Morgan fingerprint density at radius 2 is 2.35 bits per heavy atom. The van der Waals surface area contributed by atoms with Gasteiger partial charge in [-0.1, -0.05) is 11.2 Å². The third-order valence-electron chi connectivity index (χ3n) is 4.70. The van der Waals surface area contributed by atoms with Gasteiger partial charge in [0, 0.05) is 32.0 Å². The molecule has 1 amide bonds. The summed E-state index contributed by atoms with van der Waals surface area (Å²) in [5, 5.41) is 7.82. The predicted octanol–water partition coefficient (Wildman–Crippen LogP) is 1.85. The standard InChI is InChI=1S/C18H20N6O2/c1-12-15-16(21-11-22-18(15)26-23-12)24-7-3-5-14(10-24)17(25)20-9-13-4-2-6-19-8-13/h2,4,6,8,11,14H,3,5,7,9-10H2,1H3,(H,20,25)/t14-/m1/s1. The van der Waals surface area contributed by atoms with E-state index in [0.717, 1.165) is 41.8 Å². The first-order chi connectivity index (χ1) is 12.7. The van der Waals surface area contributed by atoms with E-state index in [2.05, 4.69) is 30.3 Å². The number of amides is 1. The number of fused-ring (bicyclic) bond motifs is 1. The first-order valence-corrected chi connectivity index (χ1v) is 8.71. The fourth-order valence-corrected chi connectivity index (χ4v) is 3.36. The second-order valence-corrected chi connectivity index (χ2v) is 6.51. The largest absolute Gasteiger partial charge is 0.355 e. The maximum atomic E-state index is 12.6. The summed E-state index contributed by atoms with van der Waals surface area (Å²) in [7, 11) is 0. The molecule has 8 nitrogen and oxygen atoms in total. The van der Waals surface area contributed by atoms with Crippen LogP contribution < -0.4 is 10.2 Å². The van der Waals surface area contributed by atoms with E-state index in [1.54, 1.807) is 12.4 Å². The van der Waals surface area contributed by atoms with E-state index in [-0.39, 0.29) is 11.8 Å². The van der Waals surface area contributed by atoms with Gasteiger partial charge in [0.1, 0.15) is 17.5 Å². The SMILES string of the molecule is Cc1noc2ncnc(N3CCC[C@@H](C(=O)NCc4cccnc4)C3)c12. The van der Waals surface area contributed by atoms with Crippen molar-refractivity contribution in [1.29, 1.82) is 0 Å². The maximum absolute atomic E-state index is 12.6. The van der Waals surface area contributed by atoms with E-state index >= 15 is 0 Å². The molecule has 1 aliphatic heterocycles. The summed E-state index contributed by atoms with van der Waals surface area (Å²) in [5.41, 5.74) is 2.24. The van der Waals surface area contributed by atoms with Crippen molar-refractivity contribution in [2.75, 3.05) is 18.0 Å². The normalized spacial score (nSPS) is 17.4. The molecule has 0 saturated carbocycles. The molecule has 1 N–H and O–H groups in total. The molecule has 4 rings (SSSR count). The fourth-order valence-electron chi connectivity index (χ4n) is 3.36. The van der Waals surface area contributed by atoms with Crippen molar-refractivity contribution in [2.45, 2.75) is 26.3 Å². The molecule has 1 saturated heterocycles. The van der Waals surface area contributed by atoms with Gasteiger partial charge in [0.2, 0.25) is 5.91 Å². The van der Waals surface area contributed by atoms with E-state index in [0.29, 0.717) is 18.8 Å². The monoisotopic (exact) mass is 352 g/mol. The van der Waals surface area contributed by atoms with Gasteiger partial charge in [-0.05, 0) is 31.4 Å². The van der Waals surface area contributed by atoms with Crippen molar-refractivity contribution in [2.24, 2.45) is 5.92 Å². The van der Waals surface area contributed by atoms with Crippen LogP contribution >= 0.6 is 0 Å². The minimum absolute atomic E-state index is 0.0610. The molecule has 0 bridgehead atoms. The average Bonchev–Trinajstić information content (AvgIpc) is 3.08. The summed E-state index contributed by atoms with van der Waals surface area (Å²) in [6, 6.07) is 3.82. The first-order valence-electron chi connectivity index (χ1n) is 8.71. The Bertz CT molecular complexity index is 910. The highest BCUT2D eigenvalue weighted by molar-refractivity contribution is 5.88. The van der Waals surface area contributed by atoms with Gasteiger partial charge in [-0.3, -0.25) is 9.78 Å². The lowest BCUT2D eigenvalue weighted by atomic mass is 9.96. The van der Waals surface area contributed by atoms with Crippen molar-refractivity contribution in [3.63, 3.8) is 0 Å². The van der Waals surface area contributed by atoms with Crippen LogP contribution in [0.4, 0.5) is 5.82 Å². The van der Waals surface area contributed by atoms with E-state index in [4.69, 9.17) is 4.52 Å². The van der Waals surface area contributed by atoms with Crippen molar-refractivity contribution >= 4 is 22.8 Å². The van der Waals surface area contributed by atoms with Crippen LogP contribution in [0.25, 0.3) is 11.1 Å². The molecule has 4 heterocycles. The molecule has 0 unspecified atom stereocenters. The zero-order chi connectivity index (χ0) is 17.9. The molecule has 1 aliphatic rings. The third-order valence-corrected chi connectivity index (χ3v) is 4.70. The van der Waals surface area contributed by atoms with Gasteiger partial charge in [0.25, 0.3) is 5.71 Å². The zero-order valence-electron chi connectivity index (χ0n) is 14.6. The summed E-state index contributed by atoms with van der Waals surface area (Å²) in [6.07, 6.45) is 6.76. The molecule has 3 aromatic heterocycles. The first kappa shape index (κ1) is 16.4. The van der Waals surface area contributed by atoms with Crippen LogP contribution in [0.15, 0.2) is 35.4 Å². The highest BCUT2D eigenvalue weighted by Gasteiger charge is 2.28. The number of carbonyl (C=O) groups excluding carboxylic acids is 1. The van der Waals surface area contributed by atoms with E-state index in [9.17, 15) is 4.79 Å². The maximum Gasteiger partial charge on any atom is 0.263 e. The Labute approximate surface area is 150 Å². The quantitative estimate of drug-likeness (QED) is 0.765. The second-order valence-electron chi connectivity index (χ2n) is 6.51. The van der Waals surface area contributed by atoms with Gasteiger partial charge in [-0.2, -0.15) is 4.98 Å². The minimum atomic E-state index is -0.0781. The molecule has 0 aliphatic carbocycles. The van der Waals surface area contributed by atoms with Crippen molar-refractivity contribution in [3.05, 3.63) is 42.1 Å². The summed E-state index contributed by atoms with van der Waals surface area (Å²) in [4.78, 5) is 27.4. The van der Waals surface area contributed by atoms with E-state index in [1.165, 1.54) is 6.33 Å². The van der Waals surface area contributed by atoms with Gasteiger partial charge in [-0.15, -0.1) is 0 Å². The Morgan fingerprint density at radius 3 is 3.19 bits per heavy atom. The number of hydrogen-bond donors (Lipinski definition) is 1. The van der Waals surface area contributed by atoms with Crippen molar-refractivity contribution < 1.29 is 9.32 Å². The van der Waals surface area contributed by atoms with Gasteiger partial charge < -0.3 is 14.7 Å². The molecule has 0 spiro atoms. The number of hydrogen-bond acceptors (Lipinski definition) is 7. The molecule has 0 aromatic carbocycles. The molecule has 0 radical (unpaired) electrons. The Kier molecular flexibility index (Phi) is 4.47. The number of nitrogens with one attached hydrogen (secondary N) is 1.